The van der Waals surface area contributed by atoms with Gasteiger partial charge in [-0.2, -0.15) is 5.26 Å². The summed E-state index contributed by atoms with van der Waals surface area (Å²) in [6, 6.07) is 10.6. The van der Waals surface area contributed by atoms with E-state index < -0.39 is 0 Å². The van der Waals surface area contributed by atoms with E-state index in [1.165, 1.54) is 5.56 Å². The number of aliphatic hydroxyl groups is 1. The first-order chi connectivity index (χ1) is 10.1. The van der Waals surface area contributed by atoms with Crippen molar-refractivity contribution in [3.8, 4) is 6.07 Å². The number of nitriles is 1. The minimum Gasteiger partial charge on any atom is -0.392 e. The van der Waals surface area contributed by atoms with Gasteiger partial charge in [-0.1, -0.05) is 19.1 Å². The van der Waals surface area contributed by atoms with Crippen LogP contribution in [-0.4, -0.2) is 53.2 Å². The van der Waals surface area contributed by atoms with E-state index in [2.05, 4.69) is 28.9 Å². The first-order valence-corrected chi connectivity index (χ1v) is 7.76. The number of hydrogen-bond donors (Lipinski definition) is 1. The van der Waals surface area contributed by atoms with E-state index >= 15 is 0 Å². The Bertz CT molecular complexity index is 495. The summed E-state index contributed by atoms with van der Waals surface area (Å²) in [5.74, 6) is 0. The highest BCUT2D eigenvalue weighted by atomic mass is 16.3. The van der Waals surface area contributed by atoms with Gasteiger partial charge in [0, 0.05) is 38.8 Å². The van der Waals surface area contributed by atoms with E-state index in [9.17, 15) is 5.11 Å². The maximum atomic E-state index is 9.59. The van der Waals surface area contributed by atoms with Crippen molar-refractivity contribution in [1.29, 1.82) is 5.26 Å². The molecule has 21 heavy (non-hydrogen) atoms. The largest absolute Gasteiger partial charge is 0.392 e. The smallest absolute Gasteiger partial charge is 0.0991 e. The van der Waals surface area contributed by atoms with E-state index in [-0.39, 0.29) is 6.10 Å². The first-order valence-electron chi connectivity index (χ1n) is 7.76. The molecule has 4 heteroatoms. The number of β-amino-alcohol motifs (C(OH)–C–C–N with tert-alkyl or cyclic N) is 1. The van der Waals surface area contributed by atoms with E-state index in [1.54, 1.807) is 0 Å². The number of benzene rings is 1. The Labute approximate surface area is 127 Å². The number of hydrogen-bond acceptors (Lipinski definition) is 4. The molecule has 0 bridgehead atoms. The average Bonchev–Trinajstić information content (AvgIpc) is 2.48. The van der Waals surface area contributed by atoms with E-state index in [4.69, 9.17) is 5.26 Å². The van der Waals surface area contributed by atoms with Gasteiger partial charge in [0.25, 0.3) is 0 Å². The van der Waals surface area contributed by atoms with Gasteiger partial charge in [-0.25, -0.2) is 0 Å². The summed E-state index contributed by atoms with van der Waals surface area (Å²) in [5, 5.41) is 18.6. The summed E-state index contributed by atoms with van der Waals surface area (Å²) in [6.45, 7) is 8.76. The van der Waals surface area contributed by atoms with Gasteiger partial charge >= 0.3 is 0 Å². The topological polar surface area (TPSA) is 50.5 Å². The molecule has 1 saturated heterocycles. The Morgan fingerprint density at radius 3 is 2.90 bits per heavy atom. The third-order valence-electron chi connectivity index (χ3n) is 4.12. The number of nitrogens with zero attached hydrogens (tertiary/aromatic N) is 3. The van der Waals surface area contributed by atoms with Crippen LogP contribution >= 0.6 is 0 Å². The average molecular weight is 287 g/mol. The second kappa shape index (κ2) is 7.56. The van der Waals surface area contributed by atoms with Crippen molar-refractivity contribution in [2.45, 2.75) is 39.0 Å². The summed E-state index contributed by atoms with van der Waals surface area (Å²) >= 11 is 0. The lowest BCUT2D eigenvalue weighted by molar-refractivity contribution is 0.0338. The zero-order valence-corrected chi connectivity index (χ0v) is 13.0. The van der Waals surface area contributed by atoms with Gasteiger partial charge in [0.15, 0.2) is 0 Å². The van der Waals surface area contributed by atoms with Crippen molar-refractivity contribution in [3.05, 3.63) is 35.4 Å². The number of aliphatic hydroxyl groups excluding tert-OH is 1. The van der Waals surface area contributed by atoms with Crippen LogP contribution in [0.4, 0.5) is 0 Å². The van der Waals surface area contributed by atoms with Gasteiger partial charge in [0.2, 0.25) is 0 Å². The molecule has 114 valence electrons. The molecule has 0 aliphatic carbocycles. The molecule has 1 aromatic carbocycles. The van der Waals surface area contributed by atoms with E-state index in [0.29, 0.717) is 6.04 Å². The van der Waals surface area contributed by atoms with Crippen LogP contribution < -0.4 is 0 Å². The standard InChI is InChI=1S/C17H25N3O/c1-3-17-13-19(7-8-20(17)11-14(2)21)12-16-6-4-5-15(9-16)10-18/h4-6,9,14,17,21H,3,7-8,11-13H2,1-2H3/t14-,17+/m1/s1. The van der Waals surface area contributed by atoms with Crippen molar-refractivity contribution < 1.29 is 5.11 Å². The molecule has 1 N–H and O–H groups in total. The van der Waals surface area contributed by atoms with Gasteiger partial charge in [0.1, 0.15) is 0 Å². The summed E-state index contributed by atoms with van der Waals surface area (Å²) in [5.41, 5.74) is 1.93. The molecular weight excluding hydrogens is 262 g/mol. The highest BCUT2D eigenvalue weighted by Gasteiger charge is 2.26. The molecule has 1 aliphatic heterocycles. The molecule has 1 aromatic rings. The molecular formula is C17H25N3O. The van der Waals surface area contributed by atoms with Crippen LogP contribution in [0, 0.1) is 11.3 Å². The van der Waals surface area contributed by atoms with Gasteiger partial charge in [-0.15, -0.1) is 0 Å². The van der Waals surface area contributed by atoms with Crippen LogP contribution in [0.25, 0.3) is 0 Å². The Hall–Kier alpha value is -1.41. The Kier molecular flexibility index (Phi) is 5.75. The second-order valence-corrected chi connectivity index (χ2v) is 5.95. The SMILES string of the molecule is CC[C@H]1CN(Cc2cccc(C#N)c2)CCN1C[C@@H](C)O. The number of rotatable bonds is 5. The molecule has 1 fully saturated rings. The molecule has 0 unspecified atom stereocenters. The van der Waals surface area contributed by atoms with E-state index in [0.717, 1.165) is 44.7 Å². The lowest BCUT2D eigenvalue weighted by Crippen LogP contribution is -2.54. The van der Waals surface area contributed by atoms with Crippen molar-refractivity contribution in [1.82, 2.24) is 9.80 Å². The minimum atomic E-state index is -0.266. The van der Waals surface area contributed by atoms with Crippen LogP contribution in [0.15, 0.2) is 24.3 Å². The highest BCUT2D eigenvalue weighted by molar-refractivity contribution is 5.32. The van der Waals surface area contributed by atoms with Crippen molar-refractivity contribution in [2.24, 2.45) is 0 Å². The molecule has 0 aromatic heterocycles. The van der Waals surface area contributed by atoms with Crippen LogP contribution in [0.5, 0.6) is 0 Å². The summed E-state index contributed by atoms with van der Waals surface area (Å²) in [6.07, 6.45) is 0.833. The lowest BCUT2D eigenvalue weighted by atomic mass is 10.1. The summed E-state index contributed by atoms with van der Waals surface area (Å²) in [7, 11) is 0. The maximum absolute atomic E-state index is 9.59. The predicted molar refractivity (Wildman–Crippen MR) is 83.8 cm³/mol. The van der Waals surface area contributed by atoms with Crippen LogP contribution in [0.1, 0.15) is 31.4 Å². The predicted octanol–water partition coefficient (Wildman–Crippen LogP) is 1.84. The molecule has 1 aliphatic rings. The molecule has 2 rings (SSSR count). The highest BCUT2D eigenvalue weighted by Crippen LogP contribution is 2.16. The van der Waals surface area contributed by atoms with Crippen molar-refractivity contribution in [3.63, 3.8) is 0 Å². The lowest BCUT2D eigenvalue weighted by Gasteiger charge is -2.41. The zero-order valence-electron chi connectivity index (χ0n) is 13.0. The Balaban J connectivity index is 1.95. The Morgan fingerprint density at radius 1 is 1.43 bits per heavy atom. The third kappa shape index (κ3) is 4.53. The fourth-order valence-corrected chi connectivity index (χ4v) is 3.07. The van der Waals surface area contributed by atoms with Gasteiger partial charge in [0.05, 0.1) is 17.7 Å². The molecule has 0 amide bonds. The molecule has 0 saturated carbocycles. The minimum absolute atomic E-state index is 0.266. The Morgan fingerprint density at radius 2 is 2.24 bits per heavy atom. The fourth-order valence-electron chi connectivity index (χ4n) is 3.07. The molecule has 1 heterocycles. The summed E-state index contributed by atoms with van der Waals surface area (Å²) in [4.78, 5) is 4.84. The third-order valence-corrected chi connectivity index (χ3v) is 4.12. The fraction of sp³-hybridized carbons (Fsp3) is 0.588. The monoisotopic (exact) mass is 287 g/mol. The quantitative estimate of drug-likeness (QED) is 0.898. The zero-order chi connectivity index (χ0) is 15.2. The normalized spacial score (nSPS) is 21.9. The van der Waals surface area contributed by atoms with Crippen LogP contribution in [-0.2, 0) is 6.54 Å². The van der Waals surface area contributed by atoms with Crippen molar-refractivity contribution >= 4 is 0 Å². The van der Waals surface area contributed by atoms with Gasteiger partial charge < -0.3 is 5.11 Å². The number of piperazine rings is 1. The van der Waals surface area contributed by atoms with Crippen LogP contribution in [0.3, 0.4) is 0 Å². The summed E-state index contributed by atoms with van der Waals surface area (Å²) < 4.78 is 0. The maximum Gasteiger partial charge on any atom is 0.0991 e. The molecule has 2 atom stereocenters. The second-order valence-electron chi connectivity index (χ2n) is 5.95. The molecule has 4 nitrogen and oxygen atoms in total. The van der Waals surface area contributed by atoms with Crippen molar-refractivity contribution in [2.75, 3.05) is 26.2 Å². The first kappa shape index (κ1) is 16.0. The van der Waals surface area contributed by atoms with Gasteiger partial charge in [-0.05, 0) is 31.0 Å². The molecule has 0 spiro atoms. The van der Waals surface area contributed by atoms with E-state index in [1.807, 2.05) is 25.1 Å². The van der Waals surface area contributed by atoms with Crippen LogP contribution in [0.2, 0.25) is 0 Å². The van der Waals surface area contributed by atoms with Gasteiger partial charge in [-0.3, -0.25) is 9.80 Å². The molecule has 0 radical (unpaired) electrons.